The first-order valence-electron chi connectivity index (χ1n) is 8.14. The van der Waals surface area contributed by atoms with Crippen LogP contribution in [0, 0.1) is 0 Å². The highest BCUT2D eigenvalue weighted by Crippen LogP contribution is 2.12. The van der Waals surface area contributed by atoms with Crippen LogP contribution in [0.15, 0.2) is 28.8 Å². The molecular weight excluding hydrogens is 324 g/mol. The number of amides is 2. The van der Waals surface area contributed by atoms with Gasteiger partial charge in [-0.2, -0.15) is 4.98 Å². The molecule has 0 aliphatic heterocycles. The highest BCUT2D eigenvalue weighted by atomic mass is 16.5. The molecule has 8 heteroatoms. The van der Waals surface area contributed by atoms with Crippen molar-refractivity contribution in [2.24, 2.45) is 0 Å². The van der Waals surface area contributed by atoms with Crippen LogP contribution in [0.4, 0.5) is 0 Å². The molecular formula is C17H22N4O4. The van der Waals surface area contributed by atoms with E-state index in [9.17, 15) is 9.59 Å². The average Bonchev–Trinajstić information content (AvgIpc) is 3.08. The van der Waals surface area contributed by atoms with Gasteiger partial charge >= 0.3 is 0 Å². The third-order valence-electron chi connectivity index (χ3n) is 3.31. The van der Waals surface area contributed by atoms with Crippen molar-refractivity contribution in [2.75, 3.05) is 6.61 Å². The van der Waals surface area contributed by atoms with E-state index in [1.165, 1.54) is 0 Å². The van der Waals surface area contributed by atoms with Crippen molar-refractivity contribution < 1.29 is 18.8 Å². The lowest BCUT2D eigenvalue weighted by Crippen LogP contribution is -2.41. The maximum atomic E-state index is 12.0. The van der Waals surface area contributed by atoms with E-state index >= 15 is 0 Å². The van der Waals surface area contributed by atoms with E-state index in [0.717, 1.165) is 0 Å². The Hall–Kier alpha value is -2.90. The van der Waals surface area contributed by atoms with Crippen molar-refractivity contribution in [3.05, 3.63) is 41.5 Å². The van der Waals surface area contributed by atoms with E-state index in [4.69, 9.17) is 9.26 Å². The Labute approximate surface area is 145 Å². The van der Waals surface area contributed by atoms with Crippen molar-refractivity contribution in [2.45, 2.75) is 39.5 Å². The number of rotatable bonds is 7. The van der Waals surface area contributed by atoms with Gasteiger partial charge in [-0.15, -0.1) is 0 Å². The fourth-order valence-electron chi connectivity index (χ4n) is 1.95. The summed E-state index contributed by atoms with van der Waals surface area (Å²) in [5.41, 5.74) is 5.14. The lowest BCUT2D eigenvalue weighted by molar-refractivity contribution is -0.121. The maximum Gasteiger partial charge on any atom is 0.269 e. The molecule has 2 aromatic rings. The standard InChI is InChI=1S/C17H22N4O4/c1-4-24-13-7-5-12(6-8-13)17(23)20-19-14(22)9-10-15-18-16(11(2)3)21-25-15/h5-8,11H,4,9-10H2,1-3H3,(H,19,22)(H,20,23). The first kappa shape index (κ1) is 18.4. The highest BCUT2D eigenvalue weighted by molar-refractivity contribution is 5.95. The summed E-state index contributed by atoms with van der Waals surface area (Å²) in [6.07, 6.45) is 0.438. The number of hydrazine groups is 1. The number of benzene rings is 1. The van der Waals surface area contributed by atoms with E-state index in [0.29, 0.717) is 36.1 Å². The van der Waals surface area contributed by atoms with Crippen LogP contribution >= 0.6 is 0 Å². The van der Waals surface area contributed by atoms with E-state index < -0.39 is 5.91 Å². The molecule has 0 spiro atoms. The van der Waals surface area contributed by atoms with E-state index in [1.54, 1.807) is 24.3 Å². The van der Waals surface area contributed by atoms with Crippen LogP contribution in [0.5, 0.6) is 5.75 Å². The number of hydrogen-bond donors (Lipinski definition) is 2. The van der Waals surface area contributed by atoms with Crippen LogP contribution in [0.2, 0.25) is 0 Å². The summed E-state index contributed by atoms with van der Waals surface area (Å²) >= 11 is 0. The minimum Gasteiger partial charge on any atom is -0.494 e. The van der Waals surface area contributed by atoms with E-state index in [2.05, 4.69) is 21.0 Å². The molecule has 2 rings (SSSR count). The summed E-state index contributed by atoms with van der Waals surface area (Å²) in [5, 5.41) is 3.83. The van der Waals surface area contributed by atoms with Crippen LogP contribution in [0.25, 0.3) is 0 Å². The fourth-order valence-corrected chi connectivity index (χ4v) is 1.95. The van der Waals surface area contributed by atoms with Crippen LogP contribution < -0.4 is 15.6 Å². The normalized spacial score (nSPS) is 10.6. The summed E-state index contributed by atoms with van der Waals surface area (Å²) in [4.78, 5) is 28.0. The van der Waals surface area contributed by atoms with Gasteiger partial charge in [0, 0.05) is 24.3 Å². The molecule has 0 saturated heterocycles. The zero-order chi connectivity index (χ0) is 18.2. The van der Waals surface area contributed by atoms with Crippen molar-refractivity contribution in [1.82, 2.24) is 21.0 Å². The molecule has 8 nitrogen and oxygen atoms in total. The quantitative estimate of drug-likeness (QED) is 0.743. The smallest absolute Gasteiger partial charge is 0.269 e. The molecule has 0 bridgehead atoms. The molecule has 0 unspecified atom stereocenters. The van der Waals surface area contributed by atoms with Crippen molar-refractivity contribution in [3.8, 4) is 5.75 Å². The minimum atomic E-state index is -0.406. The minimum absolute atomic E-state index is 0.128. The van der Waals surface area contributed by atoms with Gasteiger partial charge in [0.15, 0.2) is 5.82 Å². The Kier molecular flexibility index (Phi) is 6.50. The summed E-state index contributed by atoms with van der Waals surface area (Å²) in [6.45, 7) is 6.35. The molecule has 1 aromatic carbocycles. The molecule has 0 saturated carbocycles. The van der Waals surface area contributed by atoms with Gasteiger partial charge in [0.1, 0.15) is 5.75 Å². The topological polar surface area (TPSA) is 106 Å². The second kappa shape index (κ2) is 8.81. The number of nitrogens with zero attached hydrogens (tertiary/aromatic N) is 2. The van der Waals surface area contributed by atoms with Gasteiger partial charge < -0.3 is 9.26 Å². The zero-order valence-electron chi connectivity index (χ0n) is 14.5. The Bertz CT molecular complexity index is 710. The zero-order valence-corrected chi connectivity index (χ0v) is 14.5. The van der Waals surface area contributed by atoms with Crippen molar-refractivity contribution in [1.29, 1.82) is 0 Å². The largest absolute Gasteiger partial charge is 0.494 e. The lowest BCUT2D eigenvalue weighted by atomic mass is 10.2. The molecule has 2 amide bonds. The molecule has 134 valence electrons. The van der Waals surface area contributed by atoms with Gasteiger partial charge in [0.2, 0.25) is 11.8 Å². The number of ether oxygens (including phenoxy) is 1. The second-order valence-corrected chi connectivity index (χ2v) is 5.66. The molecule has 0 atom stereocenters. The first-order chi connectivity index (χ1) is 12.0. The summed E-state index contributed by atoms with van der Waals surface area (Å²) in [5.74, 6) is 1.11. The highest BCUT2D eigenvalue weighted by Gasteiger charge is 2.12. The van der Waals surface area contributed by atoms with Gasteiger partial charge in [0.25, 0.3) is 5.91 Å². The third-order valence-corrected chi connectivity index (χ3v) is 3.31. The van der Waals surface area contributed by atoms with Crippen LogP contribution in [-0.2, 0) is 11.2 Å². The Morgan fingerprint density at radius 1 is 1.20 bits per heavy atom. The van der Waals surface area contributed by atoms with Crippen LogP contribution in [0.1, 0.15) is 55.2 Å². The number of aromatic nitrogens is 2. The molecule has 1 aromatic heterocycles. The summed E-state index contributed by atoms with van der Waals surface area (Å²) < 4.78 is 10.4. The number of carbonyl (C=O) groups excluding carboxylic acids is 2. The third kappa shape index (κ3) is 5.59. The summed E-state index contributed by atoms with van der Waals surface area (Å²) in [7, 11) is 0. The molecule has 0 fully saturated rings. The predicted molar refractivity (Wildman–Crippen MR) is 89.9 cm³/mol. The van der Waals surface area contributed by atoms with Gasteiger partial charge in [-0.3, -0.25) is 20.4 Å². The number of carbonyl (C=O) groups is 2. The molecule has 0 aliphatic carbocycles. The predicted octanol–water partition coefficient (Wildman–Crippen LogP) is 1.99. The van der Waals surface area contributed by atoms with E-state index in [1.807, 2.05) is 20.8 Å². The number of hydrogen-bond acceptors (Lipinski definition) is 6. The van der Waals surface area contributed by atoms with Gasteiger partial charge in [0.05, 0.1) is 6.61 Å². The second-order valence-electron chi connectivity index (χ2n) is 5.66. The molecule has 0 radical (unpaired) electrons. The van der Waals surface area contributed by atoms with Gasteiger partial charge in [-0.1, -0.05) is 19.0 Å². The number of aryl methyl sites for hydroxylation is 1. The van der Waals surface area contributed by atoms with E-state index in [-0.39, 0.29) is 18.2 Å². The molecule has 2 N–H and O–H groups in total. The van der Waals surface area contributed by atoms with Crippen LogP contribution in [-0.4, -0.2) is 28.6 Å². The van der Waals surface area contributed by atoms with Crippen molar-refractivity contribution >= 4 is 11.8 Å². The molecule has 0 aliphatic rings. The summed E-state index contributed by atoms with van der Waals surface area (Å²) in [6, 6.07) is 6.64. The van der Waals surface area contributed by atoms with Gasteiger partial charge in [-0.05, 0) is 31.2 Å². The van der Waals surface area contributed by atoms with Crippen molar-refractivity contribution in [3.63, 3.8) is 0 Å². The Morgan fingerprint density at radius 3 is 2.52 bits per heavy atom. The van der Waals surface area contributed by atoms with Gasteiger partial charge in [-0.25, -0.2) is 0 Å². The first-order valence-corrected chi connectivity index (χ1v) is 8.14. The fraction of sp³-hybridized carbons (Fsp3) is 0.412. The number of nitrogens with one attached hydrogen (secondary N) is 2. The Morgan fingerprint density at radius 2 is 1.92 bits per heavy atom. The SMILES string of the molecule is CCOc1ccc(C(=O)NNC(=O)CCc2nc(C(C)C)no2)cc1. The molecule has 1 heterocycles. The average molecular weight is 346 g/mol. The lowest BCUT2D eigenvalue weighted by Gasteiger charge is -2.07. The Balaban J connectivity index is 1.75. The molecule has 25 heavy (non-hydrogen) atoms. The maximum absolute atomic E-state index is 12.0. The van der Waals surface area contributed by atoms with Crippen LogP contribution in [0.3, 0.4) is 0 Å². The monoisotopic (exact) mass is 346 g/mol.